The van der Waals surface area contributed by atoms with E-state index in [1.807, 2.05) is 25.1 Å². The van der Waals surface area contributed by atoms with Crippen molar-refractivity contribution in [3.8, 4) is 0 Å². The fraction of sp³-hybridized carbons (Fsp3) is 0.300. The van der Waals surface area contributed by atoms with E-state index in [1.54, 1.807) is 13.0 Å². The molecule has 27 heavy (non-hydrogen) atoms. The fourth-order valence-corrected chi connectivity index (χ4v) is 3.09. The molecule has 0 atom stereocenters. The minimum absolute atomic E-state index is 0.0362. The van der Waals surface area contributed by atoms with Crippen molar-refractivity contribution in [2.75, 3.05) is 6.61 Å². The lowest BCUT2D eigenvalue weighted by molar-refractivity contribution is -0.143. The summed E-state index contributed by atoms with van der Waals surface area (Å²) in [7, 11) is 0. The summed E-state index contributed by atoms with van der Waals surface area (Å²) in [6, 6.07) is 7.27. The second-order valence-corrected chi connectivity index (χ2v) is 6.29. The molecule has 0 saturated heterocycles. The average molecular weight is 368 g/mol. The van der Waals surface area contributed by atoms with Gasteiger partial charge in [0.15, 0.2) is 0 Å². The van der Waals surface area contributed by atoms with Crippen LogP contribution in [-0.4, -0.2) is 33.2 Å². The van der Waals surface area contributed by atoms with E-state index in [9.17, 15) is 19.5 Å². The fourth-order valence-electron chi connectivity index (χ4n) is 3.09. The SMILES string of the molecule is CCOC(=O)CCCn1cc(C(=O)O)c2nc3c(C)cccc3cc2c1=O. The van der Waals surface area contributed by atoms with Gasteiger partial charge in [-0.05, 0) is 31.9 Å². The van der Waals surface area contributed by atoms with Gasteiger partial charge in [-0.3, -0.25) is 9.59 Å². The molecule has 0 aliphatic heterocycles. The van der Waals surface area contributed by atoms with Gasteiger partial charge in [0, 0.05) is 24.5 Å². The molecule has 0 radical (unpaired) electrons. The average Bonchev–Trinajstić information content (AvgIpc) is 2.63. The molecule has 0 bridgehead atoms. The van der Waals surface area contributed by atoms with Crippen LogP contribution < -0.4 is 5.56 Å². The number of fused-ring (bicyclic) bond motifs is 2. The summed E-state index contributed by atoms with van der Waals surface area (Å²) in [5.41, 5.74) is 1.40. The first kappa shape index (κ1) is 18.6. The number of hydrogen-bond donors (Lipinski definition) is 1. The van der Waals surface area contributed by atoms with Crippen molar-refractivity contribution >= 4 is 33.7 Å². The molecule has 7 nitrogen and oxygen atoms in total. The van der Waals surface area contributed by atoms with Crippen molar-refractivity contribution in [1.82, 2.24) is 9.55 Å². The number of nitrogens with zero attached hydrogens (tertiary/aromatic N) is 2. The number of aromatic carboxylic acids is 1. The molecule has 3 rings (SSSR count). The number of benzene rings is 1. The highest BCUT2D eigenvalue weighted by Gasteiger charge is 2.17. The summed E-state index contributed by atoms with van der Waals surface area (Å²) in [4.78, 5) is 40.5. The summed E-state index contributed by atoms with van der Waals surface area (Å²) in [5.74, 6) is -1.49. The highest BCUT2D eigenvalue weighted by molar-refractivity contribution is 6.04. The predicted octanol–water partition coefficient (Wildman–Crippen LogP) is 2.90. The van der Waals surface area contributed by atoms with Gasteiger partial charge in [0.1, 0.15) is 5.56 Å². The minimum atomic E-state index is -1.15. The Hall–Kier alpha value is -3.22. The minimum Gasteiger partial charge on any atom is -0.478 e. The van der Waals surface area contributed by atoms with Crippen LogP contribution in [0.2, 0.25) is 0 Å². The third-order valence-corrected chi connectivity index (χ3v) is 4.39. The van der Waals surface area contributed by atoms with Crippen LogP contribution in [0.25, 0.3) is 21.8 Å². The normalized spacial score (nSPS) is 11.0. The van der Waals surface area contributed by atoms with Crippen LogP contribution in [0.3, 0.4) is 0 Å². The number of carboxylic acids is 1. The molecule has 2 heterocycles. The summed E-state index contributed by atoms with van der Waals surface area (Å²) in [5, 5.41) is 10.6. The third kappa shape index (κ3) is 3.67. The maximum atomic E-state index is 12.8. The Balaban J connectivity index is 2.09. The number of esters is 1. The second kappa shape index (κ2) is 7.57. The molecule has 3 aromatic rings. The molecule has 0 saturated carbocycles. The van der Waals surface area contributed by atoms with E-state index in [0.717, 1.165) is 10.9 Å². The number of carboxylic acid groups (broad SMARTS) is 1. The monoisotopic (exact) mass is 368 g/mol. The summed E-state index contributed by atoms with van der Waals surface area (Å²) < 4.78 is 6.20. The van der Waals surface area contributed by atoms with Crippen molar-refractivity contribution < 1.29 is 19.4 Å². The maximum Gasteiger partial charge on any atom is 0.339 e. The van der Waals surface area contributed by atoms with E-state index in [2.05, 4.69) is 4.98 Å². The zero-order chi connectivity index (χ0) is 19.6. The Kier molecular flexibility index (Phi) is 5.21. The van der Waals surface area contributed by atoms with Crippen molar-refractivity contribution in [3.05, 3.63) is 51.9 Å². The van der Waals surface area contributed by atoms with E-state index in [1.165, 1.54) is 10.8 Å². The molecule has 0 unspecified atom stereocenters. The number of carbonyl (C=O) groups is 2. The zero-order valence-corrected chi connectivity index (χ0v) is 15.2. The summed E-state index contributed by atoms with van der Waals surface area (Å²) in [6.45, 7) is 4.14. The molecular weight excluding hydrogens is 348 g/mol. The Morgan fingerprint density at radius 3 is 2.74 bits per heavy atom. The number of pyridine rings is 2. The molecular formula is C20H20N2O5. The zero-order valence-electron chi connectivity index (χ0n) is 15.2. The number of aryl methyl sites for hydroxylation is 2. The first-order valence-electron chi connectivity index (χ1n) is 8.74. The van der Waals surface area contributed by atoms with E-state index >= 15 is 0 Å². The van der Waals surface area contributed by atoms with Gasteiger partial charge < -0.3 is 14.4 Å². The molecule has 0 spiro atoms. The lowest BCUT2D eigenvalue weighted by Gasteiger charge is -2.11. The van der Waals surface area contributed by atoms with Gasteiger partial charge in [-0.2, -0.15) is 0 Å². The smallest absolute Gasteiger partial charge is 0.339 e. The summed E-state index contributed by atoms with van der Waals surface area (Å²) in [6.07, 6.45) is 1.84. The Bertz CT molecular complexity index is 1100. The largest absolute Gasteiger partial charge is 0.478 e. The topological polar surface area (TPSA) is 98.5 Å². The van der Waals surface area contributed by atoms with Crippen molar-refractivity contribution in [2.45, 2.75) is 33.2 Å². The molecule has 1 aromatic carbocycles. The van der Waals surface area contributed by atoms with Crippen LogP contribution in [0.1, 0.15) is 35.7 Å². The Morgan fingerprint density at radius 2 is 2.04 bits per heavy atom. The van der Waals surface area contributed by atoms with Crippen LogP contribution in [0.15, 0.2) is 35.3 Å². The lowest BCUT2D eigenvalue weighted by Crippen LogP contribution is -2.23. The second-order valence-electron chi connectivity index (χ2n) is 6.29. The van der Waals surface area contributed by atoms with Crippen LogP contribution >= 0.6 is 0 Å². The molecule has 0 aliphatic carbocycles. The lowest BCUT2D eigenvalue weighted by atomic mass is 10.1. The molecule has 2 aromatic heterocycles. The van der Waals surface area contributed by atoms with Crippen LogP contribution in [0, 0.1) is 6.92 Å². The molecule has 0 fully saturated rings. The highest BCUT2D eigenvalue weighted by Crippen LogP contribution is 2.22. The molecule has 7 heteroatoms. The third-order valence-electron chi connectivity index (χ3n) is 4.39. The quantitative estimate of drug-likeness (QED) is 0.531. The first-order valence-corrected chi connectivity index (χ1v) is 8.74. The van der Waals surface area contributed by atoms with Gasteiger partial charge in [-0.15, -0.1) is 0 Å². The van der Waals surface area contributed by atoms with Crippen molar-refractivity contribution in [2.24, 2.45) is 0 Å². The standard InChI is InChI=1S/C20H20N2O5/c1-3-27-16(23)8-5-9-22-11-15(20(25)26)18-14(19(22)24)10-13-7-4-6-12(2)17(13)21-18/h4,6-7,10-11H,3,5,8-9H2,1-2H3,(H,25,26). The van der Waals surface area contributed by atoms with Crippen LogP contribution in [0.5, 0.6) is 0 Å². The maximum absolute atomic E-state index is 12.8. The molecule has 0 aliphatic rings. The number of rotatable bonds is 6. The van der Waals surface area contributed by atoms with Gasteiger partial charge in [-0.1, -0.05) is 18.2 Å². The van der Waals surface area contributed by atoms with Gasteiger partial charge >= 0.3 is 11.9 Å². The number of carbonyl (C=O) groups excluding carboxylic acids is 1. The Labute approximate surface area is 155 Å². The molecule has 1 N–H and O–H groups in total. The number of ether oxygens (including phenoxy) is 1. The number of hydrogen-bond acceptors (Lipinski definition) is 5. The van der Waals surface area contributed by atoms with Crippen LogP contribution in [0.4, 0.5) is 0 Å². The van der Waals surface area contributed by atoms with E-state index in [0.29, 0.717) is 18.5 Å². The van der Waals surface area contributed by atoms with Gasteiger partial charge in [0.25, 0.3) is 5.56 Å². The first-order chi connectivity index (χ1) is 12.9. The van der Waals surface area contributed by atoms with Gasteiger partial charge in [0.05, 0.1) is 23.0 Å². The van der Waals surface area contributed by atoms with Crippen molar-refractivity contribution in [3.63, 3.8) is 0 Å². The van der Waals surface area contributed by atoms with E-state index < -0.39 is 5.97 Å². The predicted molar refractivity (Wildman–Crippen MR) is 101 cm³/mol. The highest BCUT2D eigenvalue weighted by atomic mass is 16.5. The molecule has 140 valence electrons. The number of para-hydroxylation sites is 1. The number of aromatic nitrogens is 2. The van der Waals surface area contributed by atoms with Crippen molar-refractivity contribution in [1.29, 1.82) is 0 Å². The van der Waals surface area contributed by atoms with Gasteiger partial charge in [-0.25, -0.2) is 9.78 Å². The van der Waals surface area contributed by atoms with E-state index in [-0.39, 0.29) is 41.0 Å². The van der Waals surface area contributed by atoms with Gasteiger partial charge in [0.2, 0.25) is 0 Å². The summed E-state index contributed by atoms with van der Waals surface area (Å²) >= 11 is 0. The van der Waals surface area contributed by atoms with E-state index in [4.69, 9.17) is 4.74 Å². The Morgan fingerprint density at radius 1 is 1.26 bits per heavy atom. The van der Waals surface area contributed by atoms with Crippen LogP contribution in [-0.2, 0) is 16.1 Å². The molecule has 0 amide bonds.